The lowest BCUT2D eigenvalue weighted by atomic mass is 10.1. The number of para-hydroxylation sites is 1. The summed E-state index contributed by atoms with van der Waals surface area (Å²) in [5.74, 6) is 1.79. The van der Waals surface area contributed by atoms with Crippen LogP contribution >= 0.6 is 0 Å². The van der Waals surface area contributed by atoms with Crippen LogP contribution in [-0.4, -0.2) is 7.05 Å². The molecule has 0 heterocycles. The SMILES string of the molecule is CNCc1ccc(Oc2ccccc2)c(C)c1. The largest absolute Gasteiger partial charge is 0.457 e. The first kappa shape index (κ1) is 11.7. The molecule has 88 valence electrons. The molecule has 0 saturated carbocycles. The molecule has 0 amide bonds. The Morgan fingerprint density at radius 3 is 2.47 bits per heavy atom. The van der Waals surface area contributed by atoms with Crippen molar-refractivity contribution < 1.29 is 4.74 Å². The molecular formula is C15H17NO. The average Bonchev–Trinajstić information content (AvgIpc) is 2.34. The molecule has 2 aromatic carbocycles. The molecule has 0 atom stereocenters. The minimum absolute atomic E-state index is 0.872. The van der Waals surface area contributed by atoms with Gasteiger partial charge in [0.15, 0.2) is 0 Å². The number of nitrogens with one attached hydrogen (secondary N) is 1. The zero-order chi connectivity index (χ0) is 12.1. The number of benzene rings is 2. The van der Waals surface area contributed by atoms with E-state index in [-0.39, 0.29) is 0 Å². The molecule has 0 spiro atoms. The topological polar surface area (TPSA) is 21.3 Å². The van der Waals surface area contributed by atoms with Crippen molar-refractivity contribution in [3.8, 4) is 11.5 Å². The maximum atomic E-state index is 5.82. The van der Waals surface area contributed by atoms with Crippen molar-refractivity contribution in [2.24, 2.45) is 0 Å². The lowest BCUT2D eigenvalue weighted by Gasteiger charge is -2.10. The Balaban J connectivity index is 2.17. The normalized spacial score (nSPS) is 10.2. The van der Waals surface area contributed by atoms with E-state index in [1.807, 2.05) is 43.4 Å². The van der Waals surface area contributed by atoms with Crippen LogP contribution in [-0.2, 0) is 6.54 Å². The third kappa shape index (κ3) is 3.08. The predicted octanol–water partition coefficient (Wildman–Crippen LogP) is 3.51. The second kappa shape index (κ2) is 5.51. The molecule has 0 aliphatic heterocycles. The van der Waals surface area contributed by atoms with E-state index in [9.17, 15) is 0 Å². The number of ether oxygens (including phenoxy) is 1. The summed E-state index contributed by atoms with van der Waals surface area (Å²) in [6, 6.07) is 16.1. The first-order valence-electron chi connectivity index (χ1n) is 5.76. The van der Waals surface area contributed by atoms with Crippen LogP contribution in [0.2, 0.25) is 0 Å². The molecule has 0 radical (unpaired) electrons. The Morgan fingerprint density at radius 2 is 1.82 bits per heavy atom. The standard InChI is InChI=1S/C15H17NO/c1-12-10-13(11-16-2)8-9-15(12)17-14-6-4-3-5-7-14/h3-10,16H,11H2,1-2H3. The van der Waals surface area contributed by atoms with Crippen LogP contribution < -0.4 is 10.1 Å². The van der Waals surface area contributed by atoms with E-state index in [2.05, 4.69) is 24.4 Å². The van der Waals surface area contributed by atoms with Gasteiger partial charge in [-0.05, 0) is 43.3 Å². The molecule has 2 rings (SSSR count). The van der Waals surface area contributed by atoms with E-state index >= 15 is 0 Å². The lowest BCUT2D eigenvalue weighted by molar-refractivity contribution is 0.478. The highest BCUT2D eigenvalue weighted by Crippen LogP contribution is 2.25. The van der Waals surface area contributed by atoms with Gasteiger partial charge < -0.3 is 10.1 Å². The van der Waals surface area contributed by atoms with E-state index in [1.165, 1.54) is 5.56 Å². The quantitative estimate of drug-likeness (QED) is 0.863. The van der Waals surface area contributed by atoms with Gasteiger partial charge in [-0.3, -0.25) is 0 Å². The molecule has 2 nitrogen and oxygen atoms in total. The van der Waals surface area contributed by atoms with Gasteiger partial charge in [-0.25, -0.2) is 0 Å². The second-order valence-electron chi connectivity index (χ2n) is 4.05. The highest BCUT2D eigenvalue weighted by atomic mass is 16.5. The molecule has 0 aromatic heterocycles. The van der Waals surface area contributed by atoms with Crippen molar-refractivity contribution in [1.29, 1.82) is 0 Å². The predicted molar refractivity (Wildman–Crippen MR) is 70.5 cm³/mol. The Kier molecular flexibility index (Phi) is 3.78. The fourth-order valence-electron chi connectivity index (χ4n) is 1.76. The van der Waals surface area contributed by atoms with Crippen LogP contribution in [0.1, 0.15) is 11.1 Å². The van der Waals surface area contributed by atoms with E-state index in [1.54, 1.807) is 0 Å². The van der Waals surface area contributed by atoms with Gasteiger partial charge in [0.1, 0.15) is 11.5 Å². The summed E-state index contributed by atoms with van der Waals surface area (Å²) in [4.78, 5) is 0. The molecule has 1 N–H and O–H groups in total. The van der Waals surface area contributed by atoms with E-state index < -0.39 is 0 Å². The number of aryl methyl sites for hydroxylation is 1. The van der Waals surface area contributed by atoms with E-state index in [0.29, 0.717) is 0 Å². The Morgan fingerprint density at radius 1 is 1.06 bits per heavy atom. The lowest BCUT2D eigenvalue weighted by Crippen LogP contribution is -2.05. The van der Waals surface area contributed by atoms with Crippen LogP contribution in [0.4, 0.5) is 0 Å². The zero-order valence-corrected chi connectivity index (χ0v) is 10.2. The van der Waals surface area contributed by atoms with Crippen molar-refractivity contribution in [3.05, 3.63) is 59.7 Å². The smallest absolute Gasteiger partial charge is 0.130 e. The Hall–Kier alpha value is -1.80. The molecule has 0 fully saturated rings. The third-order valence-corrected chi connectivity index (χ3v) is 2.59. The van der Waals surface area contributed by atoms with Crippen LogP contribution in [0.3, 0.4) is 0 Å². The maximum absolute atomic E-state index is 5.82. The van der Waals surface area contributed by atoms with Crippen molar-refractivity contribution in [2.75, 3.05) is 7.05 Å². The average molecular weight is 227 g/mol. The molecule has 17 heavy (non-hydrogen) atoms. The summed E-state index contributed by atoms with van der Waals surface area (Å²) in [7, 11) is 1.95. The fourth-order valence-corrected chi connectivity index (χ4v) is 1.76. The molecule has 0 bridgehead atoms. The molecule has 2 heteroatoms. The van der Waals surface area contributed by atoms with E-state index in [0.717, 1.165) is 23.6 Å². The fraction of sp³-hybridized carbons (Fsp3) is 0.200. The molecule has 0 aliphatic carbocycles. The molecule has 0 saturated heterocycles. The Labute approximate surface area is 102 Å². The van der Waals surface area contributed by atoms with Gasteiger partial charge in [0.25, 0.3) is 0 Å². The highest BCUT2D eigenvalue weighted by Gasteiger charge is 2.02. The Bertz CT molecular complexity index is 480. The van der Waals surface area contributed by atoms with Gasteiger partial charge in [-0.2, -0.15) is 0 Å². The summed E-state index contributed by atoms with van der Waals surface area (Å²) in [6.07, 6.45) is 0. The van der Waals surface area contributed by atoms with Crippen molar-refractivity contribution in [2.45, 2.75) is 13.5 Å². The summed E-state index contributed by atoms with van der Waals surface area (Å²) < 4.78 is 5.82. The minimum Gasteiger partial charge on any atom is -0.457 e. The van der Waals surface area contributed by atoms with Crippen LogP contribution in [0, 0.1) is 6.92 Å². The first-order valence-corrected chi connectivity index (χ1v) is 5.76. The van der Waals surface area contributed by atoms with Crippen LogP contribution in [0.5, 0.6) is 11.5 Å². The summed E-state index contributed by atoms with van der Waals surface area (Å²) in [5, 5.41) is 3.14. The molecule has 0 unspecified atom stereocenters. The number of rotatable bonds is 4. The van der Waals surface area contributed by atoms with Gasteiger partial charge in [0, 0.05) is 6.54 Å². The van der Waals surface area contributed by atoms with Crippen molar-refractivity contribution >= 4 is 0 Å². The summed E-state index contributed by atoms with van der Waals surface area (Å²) in [5.41, 5.74) is 2.42. The monoisotopic (exact) mass is 227 g/mol. The van der Waals surface area contributed by atoms with Crippen LogP contribution in [0.25, 0.3) is 0 Å². The molecule has 2 aromatic rings. The molecule has 0 aliphatic rings. The highest BCUT2D eigenvalue weighted by molar-refractivity contribution is 5.39. The second-order valence-corrected chi connectivity index (χ2v) is 4.05. The van der Waals surface area contributed by atoms with Gasteiger partial charge >= 0.3 is 0 Å². The van der Waals surface area contributed by atoms with Gasteiger partial charge in [-0.15, -0.1) is 0 Å². The van der Waals surface area contributed by atoms with Crippen LogP contribution in [0.15, 0.2) is 48.5 Å². The third-order valence-electron chi connectivity index (χ3n) is 2.59. The van der Waals surface area contributed by atoms with Gasteiger partial charge in [0.2, 0.25) is 0 Å². The van der Waals surface area contributed by atoms with Gasteiger partial charge in [-0.1, -0.05) is 30.3 Å². The minimum atomic E-state index is 0.872. The van der Waals surface area contributed by atoms with Crippen molar-refractivity contribution in [1.82, 2.24) is 5.32 Å². The van der Waals surface area contributed by atoms with Gasteiger partial charge in [0.05, 0.1) is 0 Å². The summed E-state index contributed by atoms with van der Waals surface area (Å²) in [6.45, 7) is 2.95. The zero-order valence-electron chi connectivity index (χ0n) is 10.2. The summed E-state index contributed by atoms with van der Waals surface area (Å²) >= 11 is 0. The number of hydrogen-bond acceptors (Lipinski definition) is 2. The maximum Gasteiger partial charge on any atom is 0.130 e. The first-order chi connectivity index (χ1) is 8.29. The van der Waals surface area contributed by atoms with E-state index in [4.69, 9.17) is 4.74 Å². The van der Waals surface area contributed by atoms with Crippen molar-refractivity contribution in [3.63, 3.8) is 0 Å². The molecular weight excluding hydrogens is 210 g/mol. The number of hydrogen-bond donors (Lipinski definition) is 1.